The van der Waals surface area contributed by atoms with E-state index in [-0.39, 0.29) is 6.61 Å². The summed E-state index contributed by atoms with van der Waals surface area (Å²) in [4.78, 5) is 0. The van der Waals surface area contributed by atoms with Gasteiger partial charge in [0.2, 0.25) is 0 Å². The van der Waals surface area contributed by atoms with Crippen LogP contribution in [0.1, 0.15) is 11.0 Å². The average molecular weight is 89.2 g/mol. The van der Waals surface area contributed by atoms with Gasteiger partial charge in [-0.2, -0.15) is 0 Å². The molecule has 0 bridgehead atoms. The lowest BCUT2D eigenvalue weighted by Gasteiger charge is -1.90. The van der Waals surface area contributed by atoms with Crippen LogP contribution in [0.4, 0.5) is 0 Å². The molecule has 1 heteroatoms. The summed E-state index contributed by atoms with van der Waals surface area (Å²) in [7, 11) is -2.28. The topological polar surface area (TPSA) is 9.23 Å². The minimum atomic E-state index is -2.28. The Hall–Kier alpha value is -0.300. The third kappa shape index (κ3) is 3.70. The first-order valence-electron chi connectivity index (χ1n) is 3.20. The van der Waals surface area contributed by atoms with Crippen molar-refractivity contribution in [2.75, 3.05) is 13.6 Å². The monoisotopic (exact) mass is 89.1 g/mol. The Morgan fingerprint density at radius 1 is 2.17 bits per heavy atom. The Balaban J connectivity index is 3.39. The molecule has 1 nitrogen and oxygen atoms in total. The molecular weight excluding hydrogens is 76.1 g/mol. The molecule has 0 aliphatic rings. The van der Waals surface area contributed by atoms with Crippen LogP contribution < -0.4 is 0 Å². The van der Waals surface area contributed by atoms with Gasteiger partial charge in [0.1, 0.15) is 0 Å². The van der Waals surface area contributed by atoms with Crippen LogP contribution in [0.25, 0.3) is 0 Å². The predicted molar refractivity (Wildman–Crippen MR) is 26.7 cm³/mol. The summed E-state index contributed by atoms with van der Waals surface area (Å²) >= 11 is 0. The SMILES string of the molecule is [2H]C([2H])([2H])OCC(=C)C. The molecule has 0 radical (unpaired) electrons. The summed E-state index contributed by atoms with van der Waals surface area (Å²) in [5, 5.41) is 0. The highest BCUT2D eigenvalue weighted by atomic mass is 16.5. The summed E-state index contributed by atoms with van der Waals surface area (Å²) in [5.74, 6) is 0. The van der Waals surface area contributed by atoms with Crippen molar-refractivity contribution in [1.29, 1.82) is 0 Å². The van der Waals surface area contributed by atoms with E-state index in [2.05, 4.69) is 11.3 Å². The van der Waals surface area contributed by atoms with Gasteiger partial charge in [0.25, 0.3) is 0 Å². The molecule has 0 aliphatic heterocycles. The Kier molecular flexibility index (Phi) is 1.03. The molecule has 0 aromatic heterocycles. The molecule has 6 heavy (non-hydrogen) atoms. The molecule has 0 fully saturated rings. The lowest BCUT2D eigenvalue weighted by atomic mass is 10.4. The summed E-state index contributed by atoms with van der Waals surface area (Å²) in [6.45, 7) is 5.30. The van der Waals surface area contributed by atoms with E-state index < -0.39 is 7.04 Å². The van der Waals surface area contributed by atoms with E-state index in [1.54, 1.807) is 6.92 Å². The number of hydrogen-bond acceptors (Lipinski definition) is 1. The molecule has 36 valence electrons. The van der Waals surface area contributed by atoms with Crippen molar-refractivity contribution in [3.8, 4) is 0 Å². The lowest BCUT2D eigenvalue weighted by molar-refractivity contribution is 0.226. The smallest absolute Gasteiger partial charge is 0.0667 e. The lowest BCUT2D eigenvalue weighted by Crippen LogP contribution is -1.85. The van der Waals surface area contributed by atoms with Gasteiger partial charge in [-0.3, -0.25) is 0 Å². The summed E-state index contributed by atoms with van der Waals surface area (Å²) in [6.07, 6.45) is 0. The van der Waals surface area contributed by atoms with Gasteiger partial charge >= 0.3 is 0 Å². The standard InChI is InChI=1S/C5H10O/c1-5(2)4-6-3/h1,4H2,2-3H3/i3D3. The molecule has 0 aromatic carbocycles. The van der Waals surface area contributed by atoms with Gasteiger partial charge in [0.05, 0.1) is 10.7 Å². The second kappa shape index (κ2) is 2.91. The average Bonchev–Trinajstić information content (AvgIpc) is 1.59. The van der Waals surface area contributed by atoms with Crippen molar-refractivity contribution >= 4 is 0 Å². The molecule has 0 heterocycles. The van der Waals surface area contributed by atoms with Crippen LogP contribution in [0, 0.1) is 0 Å². The van der Waals surface area contributed by atoms with Crippen LogP contribution in [0.5, 0.6) is 0 Å². The zero-order valence-electron chi connectivity index (χ0n) is 6.82. The first-order chi connectivity index (χ1) is 3.92. The van der Waals surface area contributed by atoms with Crippen molar-refractivity contribution in [1.82, 2.24) is 0 Å². The Bertz CT molecular complexity index is 105. The predicted octanol–water partition coefficient (Wildman–Crippen LogP) is 1.21. The number of rotatable bonds is 2. The van der Waals surface area contributed by atoms with E-state index in [1.807, 2.05) is 0 Å². The van der Waals surface area contributed by atoms with Crippen LogP contribution in [0.15, 0.2) is 12.2 Å². The molecule has 0 saturated heterocycles. The summed E-state index contributed by atoms with van der Waals surface area (Å²) in [5.41, 5.74) is 0.714. The van der Waals surface area contributed by atoms with E-state index in [9.17, 15) is 0 Å². The minimum Gasteiger partial charge on any atom is -0.380 e. The first-order valence-corrected chi connectivity index (χ1v) is 1.70. The minimum absolute atomic E-state index is 0.108. The maximum Gasteiger partial charge on any atom is 0.0667 e. The van der Waals surface area contributed by atoms with Crippen LogP contribution in [-0.4, -0.2) is 13.6 Å². The Labute approximate surface area is 42.8 Å². The van der Waals surface area contributed by atoms with Gasteiger partial charge < -0.3 is 4.74 Å². The van der Waals surface area contributed by atoms with Crippen LogP contribution in [0.3, 0.4) is 0 Å². The van der Waals surface area contributed by atoms with E-state index in [1.165, 1.54) is 0 Å². The zero-order valence-corrected chi connectivity index (χ0v) is 3.82. The number of methoxy groups -OCH3 is 1. The van der Waals surface area contributed by atoms with E-state index in [0.717, 1.165) is 0 Å². The Morgan fingerprint density at radius 2 is 2.83 bits per heavy atom. The summed E-state index contributed by atoms with van der Waals surface area (Å²) in [6, 6.07) is 0. The van der Waals surface area contributed by atoms with E-state index in [4.69, 9.17) is 4.11 Å². The molecule has 0 saturated carbocycles. The number of hydrogen-bond donors (Lipinski definition) is 0. The van der Waals surface area contributed by atoms with Crippen molar-refractivity contribution < 1.29 is 8.85 Å². The quantitative estimate of drug-likeness (QED) is 0.462. The fraction of sp³-hybridized carbons (Fsp3) is 0.600. The highest BCUT2D eigenvalue weighted by Crippen LogP contribution is 1.82. The maximum absolute atomic E-state index is 6.60. The fourth-order valence-corrected chi connectivity index (χ4v) is 0.123. The van der Waals surface area contributed by atoms with E-state index >= 15 is 0 Å². The van der Waals surface area contributed by atoms with Gasteiger partial charge in [-0.15, -0.1) is 0 Å². The van der Waals surface area contributed by atoms with Crippen molar-refractivity contribution in [3.63, 3.8) is 0 Å². The Morgan fingerprint density at radius 3 is 3.00 bits per heavy atom. The van der Waals surface area contributed by atoms with Crippen LogP contribution in [-0.2, 0) is 4.74 Å². The second-order valence-electron chi connectivity index (χ2n) is 1.25. The number of ether oxygens (including phenoxy) is 1. The fourth-order valence-electron chi connectivity index (χ4n) is 0.123. The first kappa shape index (κ1) is 2.12. The normalized spacial score (nSPS) is 17.8. The van der Waals surface area contributed by atoms with Gasteiger partial charge in [0.15, 0.2) is 0 Å². The molecule has 0 amide bonds. The maximum atomic E-state index is 6.60. The molecule has 0 N–H and O–H groups in total. The molecule has 0 aliphatic carbocycles. The molecule has 0 spiro atoms. The molecule has 0 aromatic rings. The van der Waals surface area contributed by atoms with Gasteiger partial charge in [-0.05, 0) is 6.92 Å². The van der Waals surface area contributed by atoms with Crippen LogP contribution >= 0.6 is 0 Å². The third-order valence-corrected chi connectivity index (χ3v) is 0.319. The highest BCUT2D eigenvalue weighted by Gasteiger charge is 1.75. The molecular formula is C5H10O. The van der Waals surface area contributed by atoms with Crippen molar-refractivity contribution in [3.05, 3.63) is 12.2 Å². The van der Waals surface area contributed by atoms with Crippen molar-refractivity contribution in [2.45, 2.75) is 6.92 Å². The highest BCUT2D eigenvalue weighted by molar-refractivity contribution is 4.86. The van der Waals surface area contributed by atoms with Gasteiger partial charge in [-0.1, -0.05) is 12.2 Å². The van der Waals surface area contributed by atoms with Crippen LogP contribution in [0.2, 0.25) is 0 Å². The molecule has 0 unspecified atom stereocenters. The second-order valence-corrected chi connectivity index (χ2v) is 1.25. The van der Waals surface area contributed by atoms with Gasteiger partial charge in [0, 0.05) is 7.04 Å². The van der Waals surface area contributed by atoms with Crippen molar-refractivity contribution in [2.24, 2.45) is 0 Å². The molecule has 0 atom stereocenters. The van der Waals surface area contributed by atoms with E-state index in [0.29, 0.717) is 5.57 Å². The summed E-state index contributed by atoms with van der Waals surface area (Å²) < 4.78 is 24.2. The third-order valence-electron chi connectivity index (χ3n) is 0.319. The zero-order chi connectivity index (χ0) is 7.49. The largest absolute Gasteiger partial charge is 0.380 e. The molecule has 0 rings (SSSR count). The van der Waals surface area contributed by atoms with Gasteiger partial charge in [-0.25, -0.2) is 0 Å².